The van der Waals surface area contributed by atoms with Crippen molar-refractivity contribution in [2.24, 2.45) is 0 Å². The minimum atomic E-state index is -0.326. The molecule has 19 heavy (non-hydrogen) atoms. The quantitative estimate of drug-likeness (QED) is 0.718. The second kappa shape index (κ2) is 4.57. The summed E-state index contributed by atoms with van der Waals surface area (Å²) in [5.74, 6) is 0.418. The maximum absolute atomic E-state index is 13.5. The van der Waals surface area contributed by atoms with Gasteiger partial charge in [-0.15, -0.1) is 0 Å². The number of hydrogen-bond acceptors (Lipinski definition) is 3. The van der Waals surface area contributed by atoms with E-state index in [4.69, 9.17) is 16.7 Å². The summed E-state index contributed by atoms with van der Waals surface area (Å²) in [6.45, 7) is 2.31. The highest BCUT2D eigenvalue weighted by Gasteiger charge is 2.10. The second-order valence-corrected chi connectivity index (χ2v) is 5.47. The van der Waals surface area contributed by atoms with Crippen LogP contribution in [0.15, 0.2) is 27.2 Å². The Morgan fingerprint density at radius 1 is 1.47 bits per heavy atom. The summed E-state index contributed by atoms with van der Waals surface area (Å²) >= 11 is 8.44. The Morgan fingerprint density at radius 3 is 2.95 bits per heavy atom. The molecule has 3 rings (SSSR count). The first kappa shape index (κ1) is 12.6. The van der Waals surface area contributed by atoms with Gasteiger partial charge >= 0.3 is 0 Å². The molecule has 0 unspecified atom stereocenters. The molecule has 0 atom stereocenters. The van der Waals surface area contributed by atoms with Gasteiger partial charge in [0.05, 0.1) is 22.1 Å². The molecule has 0 aliphatic heterocycles. The fourth-order valence-electron chi connectivity index (χ4n) is 1.96. The summed E-state index contributed by atoms with van der Waals surface area (Å²) < 4.78 is 21.3. The molecule has 0 fully saturated rings. The van der Waals surface area contributed by atoms with E-state index >= 15 is 0 Å². The van der Waals surface area contributed by atoms with E-state index in [0.717, 1.165) is 17.0 Å². The number of rotatable bonds is 2. The van der Waals surface area contributed by atoms with Gasteiger partial charge in [-0.25, -0.2) is 4.39 Å². The van der Waals surface area contributed by atoms with E-state index in [-0.39, 0.29) is 5.82 Å². The van der Waals surface area contributed by atoms with Gasteiger partial charge < -0.3 is 14.1 Å². The van der Waals surface area contributed by atoms with E-state index in [1.165, 1.54) is 6.07 Å². The van der Waals surface area contributed by atoms with Crippen LogP contribution in [-0.4, -0.2) is 14.7 Å². The van der Waals surface area contributed by atoms with Crippen molar-refractivity contribution in [2.45, 2.75) is 13.5 Å². The molecule has 7 heteroatoms. The van der Waals surface area contributed by atoms with E-state index in [0.29, 0.717) is 21.3 Å². The minimum absolute atomic E-state index is 0.326. The van der Waals surface area contributed by atoms with E-state index in [1.807, 2.05) is 17.6 Å². The maximum atomic E-state index is 13.5. The van der Waals surface area contributed by atoms with Gasteiger partial charge in [0.15, 0.2) is 4.77 Å². The highest BCUT2D eigenvalue weighted by molar-refractivity contribution is 9.10. The average Bonchev–Trinajstić information content (AvgIpc) is 2.87. The zero-order valence-corrected chi connectivity index (χ0v) is 12.3. The lowest BCUT2D eigenvalue weighted by atomic mass is 10.3. The lowest BCUT2D eigenvalue weighted by Gasteiger charge is -2.02. The van der Waals surface area contributed by atoms with Gasteiger partial charge in [0.25, 0.3) is 0 Å². The van der Waals surface area contributed by atoms with Gasteiger partial charge in [0.1, 0.15) is 17.3 Å². The lowest BCUT2D eigenvalue weighted by Crippen LogP contribution is -1.99. The monoisotopic (exact) mass is 341 g/mol. The molecular formula is C12H9BrFN3OS. The van der Waals surface area contributed by atoms with Crippen LogP contribution in [0.4, 0.5) is 4.39 Å². The molecule has 98 valence electrons. The maximum Gasteiger partial charge on any atom is 0.178 e. The third-order valence-electron chi connectivity index (χ3n) is 2.81. The molecule has 2 heterocycles. The molecule has 0 amide bonds. The Bertz CT molecular complexity index is 820. The summed E-state index contributed by atoms with van der Waals surface area (Å²) in [4.78, 5) is 2.98. The number of imidazole rings is 1. The van der Waals surface area contributed by atoms with Gasteiger partial charge in [-0.2, -0.15) is 0 Å². The van der Waals surface area contributed by atoms with Crippen LogP contribution in [0.1, 0.15) is 11.5 Å². The Hall–Kier alpha value is -1.47. The number of hydrogen-bond donors (Lipinski definition) is 1. The molecule has 0 saturated heterocycles. The fraction of sp³-hybridized carbons (Fsp3) is 0.167. The Kier molecular flexibility index (Phi) is 3.02. The molecule has 1 N–H and O–H groups in total. The zero-order valence-electron chi connectivity index (χ0n) is 9.91. The van der Waals surface area contributed by atoms with Crippen molar-refractivity contribution in [1.29, 1.82) is 0 Å². The number of fused-ring (bicyclic) bond motifs is 1. The number of nitrogens with one attached hydrogen (secondary N) is 1. The standard InChI is InChI=1S/C12H9BrFN3OS/c1-6-2-7(16-18-6)5-17-11-3-8(13)9(14)4-10(11)15-12(17)19/h2-4H,5H2,1H3,(H,15,19). The van der Waals surface area contributed by atoms with Crippen LogP contribution in [0, 0.1) is 17.5 Å². The molecule has 1 aromatic carbocycles. The van der Waals surface area contributed by atoms with Crippen molar-refractivity contribution in [1.82, 2.24) is 14.7 Å². The van der Waals surface area contributed by atoms with Crippen molar-refractivity contribution in [3.05, 3.63) is 44.7 Å². The van der Waals surface area contributed by atoms with E-state index in [2.05, 4.69) is 26.1 Å². The second-order valence-electron chi connectivity index (χ2n) is 4.23. The van der Waals surface area contributed by atoms with Gasteiger partial charge in [-0.1, -0.05) is 5.16 Å². The molecule has 0 radical (unpaired) electrons. The average molecular weight is 342 g/mol. The van der Waals surface area contributed by atoms with Crippen LogP contribution in [0.3, 0.4) is 0 Å². The fourth-order valence-corrected chi connectivity index (χ4v) is 2.57. The van der Waals surface area contributed by atoms with E-state index in [9.17, 15) is 4.39 Å². The topological polar surface area (TPSA) is 46.8 Å². The van der Waals surface area contributed by atoms with Crippen molar-refractivity contribution >= 4 is 39.2 Å². The molecule has 2 aromatic heterocycles. The normalized spacial score (nSPS) is 11.3. The Balaban J connectivity index is 2.15. The van der Waals surface area contributed by atoms with Gasteiger partial charge in [0, 0.05) is 12.1 Å². The predicted molar refractivity (Wildman–Crippen MR) is 75.1 cm³/mol. The first-order chi connectivity index (χ1) is 9.04. The number of halogens is 2. The third-order valence-corrected chi connectivity index (χ3v) is 3.74. The highest BCUT2D eigenvalue weighted by Crippen LogP contribution is 2.23. The van der Waals surface area contributed by atoms with Crippen molar-refractivity contribution < 1.29 is 8.91 Å². The first-order valence-corrected chi connectivity index (χ1v) is 6.74. The summed E-state index contributed by atoms with van der Waals surface area (Å²) in [6.07, 6.45) is 0. The number of aromatic amines is 1. The van der Waals surface area contributed by atoms with Gasteiger partial charge in [-0.05, 0) is 41.1 Å². The molecule has 4 nitrogen and oxygen atoms in total. The molecule has 3 aromatic rings. The van der Waals surface area contributed by atoms with Crippen LogP contribution in [0.25, 0.3) is 11.0 Å². The molecule has 0 aliphatic rings. The largest absolute Gasteiger partial charge is 0.361 e. The zero-order chi connectivity index (χ0) is 13.6. The number of aryl methyl sites for hydroxylation is 1. The lowest BCUT2D eigenvalue weighted by molar-refractivity contribution is 0.389. The van der Waals surface area contributed by atoms with Crippen molar-refractivity contribution in [3.63, 3.8) is 0 Å². The van der Waals surface area contributed by atoms with Crippen LogP contribution >= 0.6 is 28.1 Å². The Labute approximate surface area is 121 Å². The Morgan fingerprint density at radius 2 is 2.26 bits per heavy atom. The number of nitrogens with zero attached hydrogens (tertiary/aromatic N) is 2. The van der Waals surface area contributed by atoms with E-state index < -0.39 is 0 Å². The molecule has 0 spiro atoms. The van der Waals surface area contributed by atoms with Crippen LogP contribution in [0.2, 0.25) is 0 Å². The van der Waals surface area contributed by atoms with Gasteiger partial charge in [0.2, 0.25) is 0 Å². The molecule has 0 saturated carbocycles. The number of benzene rings is 1. The number of H-pyrrole nitrogens is 1. The minimum Gasteiger partial charge on any atom is -0.361 e. The van der Waals surface area contributed by atoms with E-state index in [1.54, 1.807) is 6.07 Å². The van der Waals surface area contributed by atoms with Crippen LogP contribution in [0.5, 0.6) is 0 Å². The molecular weight excluding hydrogens is 333 g/mol. The molecule has 0 aliphatic carbocycles. The first-order valence-electron chi connectivity index (χ1n) is 5.54. The summed E-state index contributed by atoms with van der Waals surface area (Å²) in [5, 5.41) is 3.94. The summed E-state index contributed by atoms with van der Waals surface area (Å²) in [6, 6.07) is 4.96. The molecule has 0 bridgehead atoms. The summed E-state index contributed by atoms with van der Waals surface area (Å²) in [7, 11) is 0. The van der Waals surface area contributed by atoms with Crippen molar-refractivity contribution in [3.8, 4) is 0 Å². The highest BCUT2D eigenvalue weighted by atomic mass is 79.9. The third kappa shape index (κ3) is 2.23. The van der Waals surface area contributed by atoms with Crippen LogP contribution in [-0.2, 0) is 6.54 Å². The summed E-state index contributed by atoms with van der Waals surface area (Å²) in [5.41, 5.74) is 2.25. The van der Waals surface area contributed by atoms with Crippen molar-refractivity contribution in [2.75, 3.05) is 0 Å². The van der Waals surface area contributed by atoms with Crippen LogP contribution < -0.4 is 0 Å². The smallest absolute Gasteiger partial charge is 0.178 e. The SMILES string of the molecule is Cc1cc(Cn2c(=S)[nH]c3cc(F)c(Br)cc32)no1. The number of aromatic nitrogens is 3. The van der Waals surface area contributed by atoms with Gasteiger partial charge in [-0.3, -0.25) is 0 Å². The predicted octanol–water partition coefficient (Wildman–Crippen LogP) is 3.95.